The standard InChI is InChI=1S/C18H23ClN2/c1-18(2)10-4-3-7-16(18)21-12-13-8-9-15(19)14-6-5-11-20-17(13)14/h5-6,8-9,11,16,21H,3-4,7,10,12H2,1-2H3. The highest BCUT2D eigenvalue weighted by Crippen LogP contribution is 2.35. The molecule has 0 bridgehead atoms. The molecule has 0 saturated heterocycles. The number of nitrogens with zero attached hydrogens (tertiary/aromatic N) is 1. The lowest BCUT2D eigenvalue weighted by atomic mass is 9.73. The number of fused-ring (bicyclic) bond motifs is 1. The van der Waals surface area contributed by atoms with Crippen LogP contribution in [0.3, 0.4) is 0 Å². The van der Waals surface area contributed by atoms with E-state index in [0.717, 1.165) is 22.5 Å². The van der Waals surface area contributed by atoms with E-state index in [0.29, 0.717) is 11.5 Å². The molecule has 1 aliphatic carbocycles. The number of hydrogen-bond acceptors (Lipinski definition) is 2. The van der Waals surface area contributed by atoms with Crippen molar-refractivity contribution in [2.75, 3.05) is 0 Å². The van der Waals surface area contributed by atoms with Crippen molar-refractivity contribution in [3.63, 3.8) is 0 Å². The Hall–Kier alpha value is -1.12. The van der Waals surface area contributed by atoms with Gasteiger partial charge in [0.2, 0.25) is 0 Å². The van der Waals surface area contributed by atoms with E-state index in [4.69, 9.17) is 11.6 Å². The molecule has 2 nitrogen and oxygen atoms in total. The molecule has 0 spiro atoms. The molecule has 1 N–H and O–H groups in total. The second-order valence-corrected chi connectivity index (χ2v) is 7.18. The minimum absolute atomic E-state index is 0.383. The summed E-state index contributed by atoms with van der Waals surface area (Å²) in [7, 11) is 0. The van der Waals surface area contributed by atoms with E-state index < -0.39 is 0 Å². The third kappa shape index (κ3) is 3.07. The lowest BCUT2D eigenvalue weighted by Crippen LogP contribution is -2.43. The number of hydrogen-bond donors (Lipinski definition) is 1. The molecule has 0 amide bonds. The third-order valence-electron chi connectivity index (χ3n) is 4.85. The largest absolute Gasteiger partial charge is 0.309 e. The Labute approximate surface area is 131 Å². The summed E-state index contributed by atoms with van der Waals surface area (Å²) in [5, 5.41) is 5.58. The molecule has 1 unspecified atom stereocenters. The SMILES string of the molecule is CC1(C)CCCCC1NCc1ccc(Cl)c2cccnc12. The van der Waals surface area contributed by atoms with Gasteiger partial charge in [0.05, 0.1) is 5.52 Å². The zero-order chi connectivity index (χ0) is 14.9. The summed E-state index contributed by atoms with van der Waals surface area (Å²) >= 11 is 6.26. The fourth-order valence-electron chi connectivity index (χ4n) is 3.44. The second kappa shape index (κ2) is 5.94. The van der Waals surface area contributed by atoms with Gasteiger partial charge in [0.1, 0.15) is 0 Å². The Morgan fingerprint density at radius 2 is 2.14 bits per heavy atom. The molecule has 1 aliphatic rings. The number of nitrogens with one attached hydrogen (secondary N) is 1. The molecule has 2 aromatic rings. The smallest absolute Gasteiger partial charge is 0.0761 e. The van der Waals surface area contributed by atoms with E-state index in [1.54, 1.807) is 0 Å². The van der Waals surface area contributed by atoms with Crippen LogP contribution in [0.15, 0.2) is 30.5 Å². The number of rotatable bonds is 3. The highest BCUT2D eigenvalue weighted by Gasteiger charge is 2.31. The van der Waals surface area contributed by atoms with Crippen LogP contribution in [-0.4, -0.2) is 11.0 Å². The van der Waals surface area contributed by atoms with Crippen molar-refractivity contribution in [1.82, 2.24) is 10.3 Å². The number of halogens is 1. The van der Waals surface area contributed by atoms with E-state index >= 15 is 0 Å². The molecule has 1 fully saturated rings. The van der Waals surface area contributed by atoms with Crippen molar-refractivity contribution in [1.29, 1.82) is 0 Å². The van der Waals surface area contributed by atoms with Crippen LogP contribution in [0.5, 0.6) is 0 Å². The van der Waals surface area contributed by atoms with Crippen LogP contribution in [0.1, 0.15) is 45.1 Å². The topological polar surface area (TPSA) is 24.9 Å². The monoisotopic (exact) mass is 302 g/mol. The Morgan fingerprint density at radius 1 is 1.29 bits per heavy atom. The summed E-state index contributed by atoms with van der Waals surface area (Å²) in [6.07, 6.45) is 7.11. The molecular formula is C18H23ClN2. The van der Waals surface area contributed by atoms with E-state index in [9.17, 15) is 0 Å². The molecule has 0 aliphatic heterocycles. The molecule has 1 aromatic carbocycles. The predicted molar refractivity (Wildman–Crippen MR) is 89.6 cm³/mol. The zero-order valence-corrected chi connectivity index (χ0v) is 13.6. The fourth-order valence-corrected chi connectivity index (χ4v) is 3.66. The van der Waals surface area contributed by atoms with Gasteiger partial charge in [-0.15, -0.1) is 0 Å². The lowest BCUT2D eigenvalue weighted by molar-refractivity contribution is 0.167. The summed E-state index contributed by atoms with van der Waals surface area (Å²) in [4.78, 5) is 4.52. The first-order valence-corrected chi connectivity index (χ1v) is 8.21. The van der Waals surface area contributed by atoms with Crippen molar-refractivity contribution >= 4 is 22.5 Å². The summed E-state index contributed by atoms with van der Waals surface area (Å²) in [6.45, 7) is 5.61. The van der Waals surface area contributed by atoms with Gasteiger partial charge in [-0.3, -0.25) is 4.98 Å². The van der Waals surface area contributed by atoms with Gasteiger partial charge in [-0.25, -0.2) is 0 Å². The fraction of sp³-hybridized carbons (Fsp3) is 0.500. The van der Waals surface area contributed by atoms with Crippen LogP contribution in [0.25, 0.3) is 10.9 Å². The maximum Gasteiger partial charge on any atom is 0.0761 e. The van der Waals surface area contributed by atoms with Gasteiger partial charge < -0.3 is 5.32 Å². The van der Waals surface area contributed by atoms with Crippen LogP contribution >= 0.6 is 11.6 Å². The normalized spacial score (nSPS) is 21.6. The molecule has 3 rings (SSSR count). The highest BCUT2D eigenvalue weighted by molar-refractivity contribution is 6.35. The maximum atomic E-state index is 6.26. The van der Waals surface area contributed by atoms with Gasteiger partial charge in [-0.2, -0.15) is 0 Å². The Kier molecular flexibility index (Phi) is 4.19. The summed E-state index contributed by atoms with van der Waals surface area (Å²) < 4.78 is 0. The van der Waals surface area contributed by atoms with Crippen molar-refractivity contribution in [2.45, 2.75) is 52.1 Å². The van der Waals surface area contributed by atoms with Gasteiger partial charge in [-0.1, -0.05) is 44.4 Å². The third-order valence-corrected chi connectivity index (χ3v) is 5.18. The van der Waals surface area contributed by atoms with Gasteiger partial charge in [-0.05, 0) is 42.0 Å². The van der Waals surface area contributed by atoms with Gasteiger partial charge >= 0.3 is 0 Å². The van der Waals surface area contributed by atoms with Crippen molar-refractivity contribution in [3.05, 3.63) is 41.0 Å². The molecule has 1 heterocycles. The summed E-state index contributed by atoms with van der Waals surface area (Å²) in [6, 6.07) is 8.64. The van der Waals surface area contributed by atoms with E-state index in [2.05, 4.69) is 30.2 Å². The van der Waals surface area contributed by atoms with Gasteiger partial charge in [0.15, 0.2) is 0 Å². The maximum absolute atomic E-state index is 6.26. The summed E-state index contributed by atoms with van der Waals surface area (Å²) in [5.41, 5.74) is 2.64. The van der Waals surface area contributed by atoms with Crippen molar-refractivity contribution in [3.8, 4) is 0 Å². The van der Waals surface area contributed by atoms with Crippen LogP contribution in [0.2, 0.25) is 5.02 Å². The van der Waals surface area contributed by atoms with Crippen LogP contribution in [0.4, 0.5) is 0 Å². The molecule has 0 radical (unpaired) electrons. The molecule has 1 saturated carbocycles. The number of aromatic nitrogens is 1. The van der Waals surface area contributed by atoms with E-state index in [1.807, 2.05) is 24.4 Å². The Bertz CT molecular complexity index is 636. The molecule has 21 heavy (non-hydrogen) atoms. The second-order valence-electron chi connectivity index (χ2n) is 6.77. The first-order chi connectivity index (χ1) is 10.1. The lowest BCUT2D eigenvalue weighted by Gasteiger charge is -2.39. The minimum atomic E-state index is 0.383. The van der Waals surface area contributed by atoms with E-state index in [-0.39, 0.29) is 0 Å². The van der Waals surface area contributed by atoms with Gasteiger partial charge in [0.25, 0.3) is 0 Å². The van der Waals surface area contributed by atoms with E-state index in [1.165, 1.54) is 31.2 Å². The van der Waals surface area contributed by atoms with Crippen LogP contribution < -0.4 is 5.32 Å². The summed E-state index contributed by atoms with van der Waals surface area (Å²) in [5.74, 6) is 0. The quantitative estimate of drug-likeness (QED) is 0.868. The predicted octanol–water partition coefficient (Wildman–Crippen LogP) is 4.95. The van der Waals surface area contributed by atoms with Crippen molar-refractivity contribution in [2.24, 2.45) is 5.41 Å². The Balaban J connectivity index is 1.81. The molecule has 1 atom stereocenters. The zero-order valence-electron chi connectivity index (χ0n) is 12.8. The minimum Gasteiger partial charge on any atom is -0.309 e. The average molecular weight is 303 g/mol. The first kappa shape index (κ1) is 14.8. The Morgan fingerprint density at radius 3 is 2.95 bits per heavy atom. The van der Waals surface area contributed by atoms with Crippen LogP contribution in [-0.2, 0) is 6.54 Å². The molecule has 112 valence electrons. The van der Waals surface area contributed by atoms with Crippen molar-refractivity contribution < 1.29 is 0 Å². The average Bonchev–Trinajstić information content (AvgIpc) is 2.48. The molecular weight excluding hydrogens is 280 g/mol. The first-order valence-electron chi connectivity index (χ1n) is 7.83. The number of benzene rings is 1. The highest BCUT2D eigenvalue weighted by atomic mass is 35.5. The van der Waals surface area contributed by atoms with Gasteiger partial charge in [0, 0.05) is 29.2 Å². The van der Waals surface area contributed by atoms with Crippen LogP contribution in [0, 0.1) is 5.41 Å². The number of pyridine rings is 1. The molecule has 3 heteroatoms. The molecule has 1 aromatic heterocycles.